The first-order valence-electron chi connectivity index (χ1n) is 10.1. The Bertz CT molecular complexity index is 600. The number of likely N-dealkylation sites (tertiary alicyclic amines) is 2. The van der Waals surface area contributed by atoms with E-state index in [-0.39, 0.29) is 17.9 Å². The van der Waals surface area contributed by atoms with Crippen LogP contribution in [-0.2, 0) is 11.2 Å². The zero-order valence-electron chi connectivity index (χ0n) is 15.9. The van der Waals surface area contributed by atoms with Gasteiger partial charge in [0, 0.05) is 37.8 Å². The Morgan fingerprint density at radius 3 is 2.23 bits per heavy atom. The van der Waals surface area contributed by atoms with E-state index in [1.807, 2.05) is 21.9 Å². The standard InChI is InChI=1S/C21H31N3O2/c1-2-3-6-17-7-9-19(10-8-17)22-20(25)18-11-15-24(16-12-18)21(26)23-13-4-5-14-23/h7-10,18H,2-6,11-16H2,1H3,(H,22,25). The number of anilines is 1. The van der Waals surface area contributed by atoms with Gasteiger partial charge in [-0.1, -0.05) is 25.5 Å². The van der Waals surface area contributed by atoms with Gasteiger partial charge in [-0.3, -0.25) is 4.79 Å². The smallest absolute Gasteiger partial charge is 0.319 e. The van der Waals surface area contributed by atoms with Crippen molar-refractivity contribution in [2.24, 2.45) is 5.92 Å². The molecule has 142 valence electrons. The van der Waals surface area contributed by atoms with Crippen LogP contribution in [0.5, 0.6) is 0 Å². The minimum atomic E-state index is -0.00241. The van der Waals surface area contributed by atoms with Crippen LogP contribution in [0.15, 0.2) is 24.3 Å². The summed E-state index contributed by atoms with van der Waals surface area (Å²) >= 11 is 0. The van der Waals surface area contributed by atoms with E-state index >= 15 is 0 Å². The number of rotatable bonds is 5. The third kappa shape index (κ3) is 4.77. The van der Waals surface area contributed by atoms with Gasteiger partial charge in [0.1, 0.15) is 0 Å². The van der Waals surface area contributed by atoms with Crippen LogP contribution < -0.4 is 5.32 Å². The van der Waals surface area contributed by atoms with Crippen LogP contribution in [0.1, 0.15) is 51.0 Å². The fourth-order valence-corrected chi connectivity index (χ4v) is 3.82. The van der Waals surface area contributed by atoms with Gasteiger partial charge in [0.2, 0.25) is 5.91 Å². The van der Waals surface area contributed by atoms with Gasteiger partial charge >= 0.3 is 6.03 Å². The number of hydrogen-bond acceptors (Lipinski definition) is 2. The maximum absolute atomic E-state index is 12.5. The maximum atomic E-state index is 12.5. The van der Waals surface area contributed by atoms with Crippen LogP contribution in [0.2, 0.25) is 0 Å². The summed E-state index contributed by atoms with van der Waals surface area (Å²) in [5.41, 5.74) is 2.18. The molecule has 5 heteroatoms. The molecule has 3 amide bonds. The lowest BCUT2D eigenvalue weighted by Gasteiger charge is -2.34. The van der Waals surface area contributed by atoms with Gasteiger partial charge < -0.3 is 15.1 Å². The van der Waals surface area contributed by atoms with Gasteiger partial charge in [-0.05, 0) is 56.2 Å². The van der Waals surface area contributed by atoms with Crippen LogP contribution in [-0.4, -0.2) is 47.9 Å². The summed E-state index contributed by atoms with van der Waals surface area (Å²) in [6.07, 6.45) is 7.20. The van der Waals surface area contributed by atoms with Gasteiger partial charge in [-0.25, -0.2) is 4.79 Å². The Hall–Kier alpha value is -2.04. The second-order valence-electron chi connectivity index (χ2n) is 7.53. The van der Waals surface area contributed by atoms with Gasteiger partial charge in [0.25, 0.3) is 0 Å². The lowest BCUT2D eigenvalue weighted by atomic mass is 9.96. The van der Waals surface area contributed by atoms with Gasteiger partial charge in [-0.2, -0.15) is 0 Å². The van der Waals surface area contributed by atoms with E-state index in [2.05, 4.69) is 24.4 Å². The Balaban J connectivity index is 1.45. The summed E-state index contributed by atoms with van der Waals surface area (Å²) in [6.45, 7) is 5.33. The summed E-state index contributed by atoms with van der Waals surface area (Å²) in [5.74, 6) is 0.0805. The number of nitrogens with one attached hydrogen (secondary N) is 1. The second kappa shape index (κ2) is 9.06. The Labute approximate surface area is 156 Å². The van der Waals surface area contributed by atoms with E-state index in [0.29, 0.717) is 13.1 Å². The quantitative estimate of drug-likeness (QED) is 0.869. The lowest BCUT2D eigenvalue weighted by Crippen LogP contribution is -2.47. The van der Waals surface area contributed by atoms with E-state index in [0.717, 1.165) is 50.9 Å². The highest BCUT2D eigenvalue weighted by Gasteiger charge is 2.30. The Morgan fingerprint density at radius 1 is 1.00 bits per heavy atom. The van der Waals surface area contributed by atoms with Crippen molar-refractivity contribution in [3.63, 3.8) is 0 Å². The number of nitrogens with zero attached hydrogens (tertiary/aromatic N) is 2. The topological polar surface area (TPSA) is 52.7 Å². The number of hydrogen-bond donors (Lipinski definition) is 1. The molecule has 0 atom stereocenters. The van der Waals surface area contributed by atoms with E-state index in [4.69, 9.17) is 0 Å². The SMILES string of the molecule is CCCCc1ccc(NC(=O)C2CCN(C(=O)N3CCCC3)CC2)cc1. The highest BCUT2D eigenvalue weighted by molar-refractivity contribution is 5.92. The number of urea groups is 1. The molecule has 0 unspecified atom stereocenters. The predicted octanol–water partition coefficient (Wildman–Crippen LogP) is 3.90. The molecule has 0 spiro atoms. The molecular formula is C21H31N3O2. The fourth-order valence-electron chi connectivity index (χ4n) is 3.82. The number of carbonyl (C=O) groups excluding carboxylic acids is 2. The molecule has 2 fully saturated rings. The van der Waals surface area contributed by atoms with Crippen LogP contribution >= 0.6 is 0 Å². The molecule has 1 aromatic rings. The van der Waals surface area contributed by atoms with E-state index in [1.54, 1.807) is 0 Å². The zero-order chi connectivity index (χ0) is 18.4. The molecule has 26 heavy (non-hydrogen) atoms. The summed E-state index contributed by atoms with van der Waals surface area (Å²) in [6, 6.07) is 8.35. The van der Waals surface area contributed by atoms with Crippen molar-refractivity contribution in [1.82, 2.24) is 9.80 Å². The molecule has 0 aromatic heterocycles. The molecular weight excluding hydrogens is 326 g/mol. The summed E-state index contributed by atoms with van der Waals surface area (Å²) < 4.78 is 0. The van der Waals surface area contributed by atoms with Crippen LogP contribution in [0, 0.1) is 5.92 Å². The summed E-state index contributed by atoms with van der Waals surface area (Å²) in [4.78, 5) is 28.8. The van der Waals surface area contributed by atoms with Crippen molar-refractivity contribution in [2.45, 2.75) is 51.9 Å². The average molecular weight is 357 g/mol. The second-order valence-corrected chi connectivity index (χ2v) is 7.53. The molecule has 2 aliphatic heterocycles. The van der Waals surface area contributed by atoms with Crippen LogP contribution in [0.3, 0.4) is 0 Å². The molecule has 1 N–H and O–H groups in total. The van der Waals surface area contributed by atoms with Crippen LogP contribution in [0.25, 0.3) is 0 Å². The number of unbranched alkanes of at least 4 members (excludes halogenated alkanes) is 1. The number of benzene rings is 1. The largest absolute Gasteiger partial charge is 0.326 e. The molecule has 2 aliphatic rings. The van der Waals surface area contributed by atoms with Gasteiger partial charge in [0.15, 0.2) is 0 Å². The highest BCUT2D eigenvalue weighted by atomic mass is 16.2. The number of aryl methyl sites for hydroxylation is 1. The Morgan fingerprint density at radius 2 is 1.62 bits per heavy atom. The summed E-state index contributed by atoms with van der Waals surface area (Å²) in [5, 5.41) is 3.04. The molecule has 0 saturated carbocycles. The molecule has 2 heterocycles. The number of piperidine rings is 1. The van der Waals surface area contributed by atoms with E-state index in [1.165, 1.54) is 18.4 Å². The molecule has 2 saturated heterocycles. The number of amides is 3. The van der Waals surface area contributed by atoms with Crippen LogP contribution in [0.4, 0.5) is 10.5 Å². The van der Waals surface area contributed by atoms with Crippen molar-refractivity contribution in [2.75, 3.05) is 31.5 Å². The van der Waals surface area contributed by atoms with Gasteiger partial charge in [-0.15, -0.1) is 0 Å². The third-order valence-corrected chi connectivity index (χ3v) is 5.55. The molecule has 0 bridgehead atoms. The first-order chi connectivity index (χ1) is 12.7. The highest BCUT2D eigenvalue weighted by Crippen LogP contribution is 2.22. The van der Waals surface area contributed by atoms with Crippen molar-refractivity contribution in [3.8, 4) is 0 Å². The minimum absolute atomic E-state index is 0.00241. The normalized spacial score (nSPS) is 18.2. The average Bonchev–Trinajstić information content (AvgIpc) is 3.22. The van der Waals surface area contributed by atoms with E-state index in [9.17, 15) is 9.59 Å². The van der Waals surface area contributed by atoms with Gasteiger partial charge in [0.05, 0.1) is 0 Å². The Kier molecular flexibility index (Phi) is 6.53. The van der Waals surface area contributed by atoms with Crippen molar-refractivity contribution >= 4 is 17.6 Å². The molecule has 0 radical (unpaired) electrons. The maximum Gasteiger partial charge on any atom is 0.319 e. The first kappa shape index (κ1) is 18.7. The monoisotopic (exact) mass is 357 g/mol. The third-order valence-electron chi connectivity index (χ3n) is 5.55. The van der Waals surface area contributed by atoms with E-state index < -0.39 is 0 Å². The summed E-state index contributed by atoms with van der Waals surface area (Å²) in [7, 11) is 0. The number of carbonyl (C=O) groups is 2. The van der Waals surface area contributed by atoms with Crippen molar-refractivity contribution < 1.29 is 9.59 Å². The van der Waals surface area contributed by atoms with Crippen molar-refractivity contribution in [3.05, 3.63) is 29.8 Å². The molecule has 0 aliphatic carbocycles. The molecule has 1 aromatic carbocycles. The molecule has 3 rings (SSSR count). The zero-order valence-corrected chi connectivity index (χ0v) is 15.9. The predicted molar refractivity (Wildman–Crippen MR) is 104 cm³/mol. The fraction of sp³-hybridized carbons (Fsp3) is 0.619. The van der Waals surface area contributed by atoms with Crippen molar-refractivity contribution in [1.29, 1.82) is 0 Å². The molecule has 5 nitrogen and oxygen atoms in total. The lowest BCUT2D eigenvalue weighted by molar-refractivity contribution is -0.121. The minimum Gasteiger partial charge on any atom is -0.326 e. The first-order valence-corrected chi connectivity index (χ1v) is 10.1.